The van der Waals surface area contributed by atoms with Gasteiger partial charge in [-0.2, -0.15) is 18.3 Å². The monoisotopic (exact) mass is 573 g/mol. The first-order chi connectivity index (χ1) is 19.4. The molecule has 1 atom stereocenters. The molecule has 222 valence electrons. The number of allylic oxidation sites excluding steroid dienone is 2. The van der Waals surface area contributed by atoms with Gasteiger partial charge in [0, 0.05) is 59.8 Å². The highest BCUT2D eigenvalue weighted by Gasteiger charge is 2.33. The van der Waals surface area contributed by atoms with Crippen LogP contribution in [0.5, 0.6) is 5.75 Å². The molecule has 12 heteroatoms. The maximum Gasteiger partial charge on any atom is 0.416 e. The standard InChI is InChI=1S/C29H38F3N7O2/c1-17-9-10-19(12-26(17)39(34)16-24(33)23-15-36-38(3)18(23)2)28(40)37-25-13-21(29(30,31)32)11-20(27(25)41-4)14-35-22-7-5-6-8-22/h10-13,15-17,22,35H,5-9,14,33-34H2,1-4H3,(H,37,40)/b24-16-. The molecule has 1 amide bonds. The largest absolute Gasteiger partial charge is 0.494 e. The molecule has 0 aliphatic heterocycles. The summed E-state index contributed by atoms with van der Waals surface area (Å²) in [7, 11) is 3.19. The molecule has 1 saturated carbocycles. The third-order valence-electron chi connectivity index (χ3n) is 7.77. The second-order valence-electron chi connectivity index (χ2n) is 10.7. The molecule has 1 aromatic heterocycles. The lowest BCUT2D eigenvalue weighted by Crippen LogP contribution is -2.31. The Labute approximate surface area is 238 Å². The van der Waals surface area contributed by atoms with Gasteiger partial charge in [-0.25, -0.2) is 5.84 Å². The van der Waals surface area contributed by atoms with Gasteiger partial charge in [-0.15, -0.1) is 0 Å². The molecule has 2 aliphatic rings. The number of nitrogens with one attached hydrogen (secondary N) is 2. The number of amides is 1. The number of alkyl halides is 3. The van der Waals surface area contributed by atoms with Gasteiger partial charge in [0.05, 0.1) is 30.3 Å². The predicted molar refractivity (Wildman–Crippen MR) is 152 cm³/mol. The Morgan fingerprint density at radius 3 is 2.61 bits per heavy atom. The van der Waals surface area contributed by atoms with Crippen molar-refractivity contribution in [2.45, 2.75) is 64.7 Å². The van der Waals surface area contributed by atoms with Crippen molar-refractivity contribution in [2.75, 3.05) is 12.4 Å². The first-order valence-electron chi connectivity index (χ1n) is 13.6. The number of hydrazine groups is 1. The predicted octanol–water partition coefficient (Wildman–Crippen LogP) is 4.71. The zero-order valence-corrected chi connectivity index (χ0v) is 23.8. The summed E-state index contributed by atoms with van der Waals surface area (Å²) in [5.74, 6) is 5.92. The Kier molecular flexibility index (Phi) is 9.13. The number of nitrogens with two attached hydrogens (primary N) is 2. The highest BCUT2D eigenvalue weighted by Crippen LogP contribution is 2.39. The van der Waals surface area contributed by atoms with Gasteiger partial charge in [0.25, 0.3) is 5.91 Å². The molecule has 9 nitrogen and oxygen atoms in total. The van der Waals surface area contributed by atoms with Crippen molar-refractivity contribution in [2.24, 2.45) is 24.5 Å². The summed E-state index contributed by atoms with van der Waals surface area (Å²) in [5.41, 5.74) is 8.58. The van der Waals surface area contributed by atoms with Crippen LogP contribution in [0.25, 0.3) is 5.70 Å². The van der Waals surface area contributed by atoms with Crippen LogP contribution in [-0.4, -0.2) is 33.8 Å². The van der Waals surface area contributed by atoms with Crippen LogP contribution in [0, 0.1) is 12.8 Å². The molecule has 1 fully saturated rings. The molecule has 0 spiro atoms. The van der Waals surface area contributed by atoms with Crippen molar-refractivity contribution in [1.82, 2.24) is 20.1 Å². The van der Waals surface area contributed by atoms with Crippen molar-refractivity contribution in [3.8, 4) is 5.75 Å². The number of ether oxygens (including phenoxy) is 1. The fraction of sp³-hybridized carbons (Fsp3) is 0.448. The number of carbonyl (C=O) groups is 1. The molecular formula is C29H38F3N7O2. The summed E-state index contributed by atoms with van der Waals surface area (Å²) in [6.07, 6.45) is 6.60. The number of methoxy groups -OCH3 is 1. The topological polar surface area (TPSA) is 123 Å². The summed E-state index contributed by atoms with van der Waals surface area (Å²) in [4.78, 5) is 13.4. The summed E-state index contributed by atoms with van der Waals surface area (Å²) in [6.45, 7) is 4.03. The lowest BCUT2D eigenvalue weighted by molar-refractivity contribution is -0.137. The quantitative estimate of drug-likeness (QED) is 0.253. The van der Waals surface area contributed by atoms with Gasteiger partial charge in [0.1, 0.15) is 5.75 Å². The van der Waals surface area contributed by atoms with Gasteiger partial charge in [-0.3, -0.25) is 14.5 Å². The van der Waals surface area contributed by atoms with Gasteiger partial charge < -0.3 is 21.1 Å². The number of hydrogen-bond donors (Lipinski definition) is 4. The van der Waals surface area contributed by atoms with E-state index in [0.29, 0.717) is 23.4 Å². The van der Waals surface area contributed by atoms with E-state index < -0.39 is 17.6 Å². The van der Waals surface area contributed by atoms with Gasteiger partial charge in [-0.05, 0) is 44.4 Å². The number of aryl methyl sites for hydroxylation is 1. The second-order valence-corrected chi connectivity index (χ2v) is 10.7. The molecule has 0 radical (unpaired) electrons. The fourth-order valence-electron chi connectivity index (χ4n) is 5.24. The van der Waals surface area contributed by atoms with E-state index >= 15 is 0 Å². The minimum Gasteiger partial charge on any atom is -0.494 e. The van der Waals surface area contributed by atoms with E-state index in [4.69, 9.17) is 16.3 Å². The summed E-state index contributed by atoms with van der Waals surface area (Å²) >= 11 is 0. The zero-order valence-electron chi connectivity index (χ0n) is 23.8. The van der Waals surface area contributed by atoms with E-state index in [1.54, 1.807) is 29.2 Å². The number of halogens is 3. The van der Waals surface area contributed by atoms with Crippen molar-refractivity contribution in [3.05, 3.63) is 70.3 Å². The molecule has 1 aromatic carbocycles. The number of nitrogens with zero attached hydrogens (tertiary/aromatic N) is 3. The van der Waals surface area contributed by atoms with E-state index in [2.05, 4.69) is 15.7 Å². The number of hydrogen-bond acceptors (Lipinski definition) is 7. The van der Waals surface area contributed by atoms with Crippen LogP contribution >= 0.6 is 0 Å². The molecule has 41 heavy (non-hydrogen) atoms. The molecule has 1 heterocycles. The minimum absolute atomic E-state index is 0.0352. The molecule has 2 aliphatic carbocycles. The number of benzene rings is 1. The Morgan fingerprint density at radius 1 is 1.29 bits per heavy atom. The molecule has 0 saturated heterocycles. The molecule has 6 N–H and O–H groups in total. The minimum atomic E-state index is -4.60. The molecule has 0 bridgehead atoms. The molecule has 4 rings (SSSR count). The normalized spacial score (nSPS) is 18.2. The van der Waals surface area contributed by atoms with E-state index in [0.717, 1.165) is 49.1 Å². The van der Waals surface area contributed by atoms with Crippen molar-refractivity contribution in [1.29, 1.82) is 0 Å². The van der Waals surface area contributed by atoms with Crippen LogP contribution in [0.2, 0.25) is 0 Å². The van der Waals surface area contributed by atoms with Gasteiger partial charge >= 0.3 is 6.18 Å². The summed E-state index contributed by atoms with van der Waals surface area (Å²) < 4.78 is 48.7. The molecular weight excluding hydrogens is 535 g/mol. The third kappa shape index (κ3) is 6.94. The van der Waals surface area contributed by atoms with Crippen molar-refractivity contribution < 1.29 is 22.7 Å². The highest BCUT2D eigenvalue weighted by molar-refractivity contribution is 6.07. The van der Waals surface area contributed by atoms with Gasteiger partial charge in [-0.1, -0.05) is 25.8 Å². The van der Waals surface area contributed by atoms with Gasteiger partial charge in [0.2, 0.25) is 0 Å². The second kappa shape index (κ2) is 12.4. The maximum atomic E-state index is 13.8. The smallest absolute Gasteiger partial charge is 0.416 e. The van der Waals surface area contributed by atoms with E-state index in [1.807, 2.05) is 20.9 Å². The van der Waals surface area contributed by atoms with Crippen molar-refractivity contribution >= 4 is 17.3 Å². The maximum absolute atomic E-state index is 13.8. The third-order valence-corrected chi connectivity index (χ3v) is 7.77. The van der Waals surface area contributed by atoms with Crippen molar-refractivity contribution in [3.63, 3.8) is 0 Å². The summed E-state index contributed by atoms with van der Waals surface area (Å²) in [5, 5.41) is 11.5. The Hall–Kier alpha value is -3.77. The van der Waals surface area contributed by atoms with Crippen LogP contribution in [0.1, 0.15) is 61.4 Å². The lowest BCUT2D eigenvalue weighted by atomic mass is 9.93. The number of anilines is 1. The first-order valence-corrected chi connectivity index (χ1v) is 13.6. The lowest BCUT2D eigenvalue weighted by Gasteiger charge is -2.27. The Bertz CT molecular complexity index is 1370. The Morgan fingerprint density at radius 2 is 2.00 bits per heavy atom. The average molecular weight is 574 g/mol. The van der Waals surface area contributed by atoms with Gasteiger partial charge in [0.15, 0.2) is 0 Å². The van der Waals surface area contributed by atoms with Crippen LogP contribution in [0.15, 0.2) is 48.0 Å². The number of aromatic nitrogens is 2. The van der Waals surface area contributed by atoms with E-state index in [9.17, 15) is 18.0 Å². The number of carbonyl (C=O) groups excluding carboxylic acids is 1. The zero-order chi connectivity index (χ0) is 29.9. The van der Waals surface area contributed by atoms with Crippen LogP contribution in [0.4, 0.5) is 18.9 Å². The molecule has 2 aromatic rings. The summed E-state index contributed by atoms with van der Waals surface area (Å²) in [6, 6.07) is 2.22. The first kappa shape index (κ1) is 30.2. The van der Waals surface area contributed by atoms with E-state index in [-0.39, 0.29) is 35.5 Å². The SMILES string of the molecule is COc1c(CNC2CCCC2)cc(C(F)(F)F)cc1NC(=O)C1=CCC(C)C(N(N)/C=C(\N)c2cnn(C)c2C)=C1. The highest BCUT2D eigenvalue weighted by atomic mass is 19.4. The van der Waals surface area contributed by atoms with Crippen LogP contribution < -0.4 is 26.9 Å². The van der Waals surface area contributed by atoms with E-state index in [1.165, 1.54) is 12.1 Å². The van der Waals surface area contributed by atoms with Crippen LogP contribution in [0.3, 0.4) is 0 Å². The Balaban J connectivity index is 1.59. The molecule has 1 unspecified atom stereocenters. The number of rotatable bonds is 9. The fourth-order valence-corrected chi connectivity index (χ4v) is 5.24. The van der Waals surface area contributed by atoms with Crippen LogP contribution in [-0.2, 0) is 24.6 Å². The average Bonchev–Trinajstić information content (AvgIpc) is 3.56.